The minimum atomic E-state index is 0.126. The van der Waals surface area contributed by atoms with E-state index in [4.69, 9.17) is 11.6 Å². The van der Waals surface area contributed by atoms with E-state index in [1.54, 1.807) is 0 Å². The summed E-state index contributed by atoms with van der Waals surface area (Å²) in [5.74, 6) is 0.514. The van der Waals surface area contributed by atoms with Crippen molar-refractivity contribution in [2.45, 2.75) is 31.6 Å². The molecule has 0 N–H and O–H groups in total. The van der Waals surface area contributed by atoms with Gasteiger partial charge in [-0.2, -0.15) is 0 Å². The van der Waals surface area contributed by atoms with E-state index in [0.29, 0.717) is 5.78 Å². The number of benzene rings is 1. The van der Waals surface area contributed by atoms with Gasteiger partial charge in [-0.3, -0.25) is 4.79 Å². The SMILES string of the molecule is O=C1CCCC[C@@H]1c1ccc(Cl)cc1. The van der Waals surface area contributed by atoms with Crippen molar-refractivity contribution in [1.29, 1.82) is 0 Å². The Bertz CT molecular complexity index is 329. The molecule has 2 rings (SSSR count). The highest BCUT2D eigenvalue weighted by atomic mass is 35.5. The number of rotatable bonds is 1. The van der Waals surface area contributed by atoms with E-state index in [-0.39, 0.29) is 5.92 Å². The largest absolute Gasteiger partial charge is 0.299 e. The number of halogens is 1. The summed E-state index contributed by atoms with van der Waals surface area (Å²) in [7, 11) is 0. The minimum Gasteiger partial charge on any atom is -0.299 e. The van der Waals surface area contributed by atoms with Crippen LogP contribution in [0.1, 0.15) is 37.2 Å². The molecular weight excluding hydrogens is 196 g/mol. The quantitative estimate of drug-likeness (QED) is 0.690. The third-order valence-corrected chi connectivity index (χ3v) is 3.08. The fraction of sp³-hybridized carbons (Fsp3) is 0.417. The molecule has 0 radical (unpaired) electrons. The Hall–Kier alpha value is -0.820. The van der Waals surface area contributed by atoms with Crippen LogP contribution < -0.4 is 0 Å². The Kier molecular flexibility index (Phi) is 2.87. The lowest BCUT2D eigenvalue weighted by molar-refractivity contribution is -0.121. The van der Waals surface area contributed by atoms with Crippen molar-refractivity contribution < 1.29 is 4.79 Å². The summed E-state index contributed by atoms with van der Waals surface area (Å²) >= 11 is 5.80. The van der Waals surface area contributed by atoms with E-state index in [1.165, 1.54) is 6.42 Å². The Morgan fingerprint density at radius 1 is 1.14 bits per heavy atom. The highest BCUT2D eigenvalue weighted by Gasteiger charge is 2.23. The van der Waals surface area contributed by atoms with Gasteiger partial charge in [-0.25, -0.2) is 0 Å². The Morgan fingerprint density at radius 2 is 1.86 bits per heavy atom. The van der Waals surface area contributed by atoms with Crippen LogP contribution in [0, 0.1) is 0 Å². The Balaban J connectivity index is 2.20. The normalized spacial score (nSPS) is 22.4. The zero-order chi connectivity index (χ0) is 9.97. The molecule has 1 aromatic rings. The number of hydrogen-bond acceptors (Lipinski definition) is 1. The molecule has 0 aromatic heterocycles. The molecule has 1 nitrogen and oxygen atoms in total. The van der Waals surface area contributed by atoms with Crippen LogP contribution in [0.3, 0.4) is 0 Å². The Labute approximate surface area is 89.1 Å². The predicted molar refractivity (Wildman–Crippen MR) is 57.7 cm³/mol. The minimum absolute atomic E-state index is 0.126. The van der Waals surface area contributed by atoms with Gasteiger partial charge in [-0.15, -0.1) is 0 Å². The first-order chi connectivity index (χ1) is 6.77. The van der Waals surface area contributed by atoms with Crippen molar-refractivity contribution in [3.63, 3.8) is 0 Å². The molecule has 0 unspecified atom stereocenters. The first kappa shape index (κ1) is 9.72. The molecule has 74 valence electrons. The van der Waals surface area contributed by atoms with Crippen LogP contribution in [0.5, 0.6) is 0 Å². The number of ketones is 1. The summed E-state index contributed by atoms with van der Waals surface area (Å²) in [6.07, 6.45) is 3.97. The molecule has 0 aliphatic heterocycles. The van der Waals surface area contributed by atoms with Crippen molar-refractivity contribution in [2.75, 3.05) is 0 Å². The second-order valence-electron chi connectivity index (χ2n) is 3.82. The fourth-order valence-electron chi connectivity index (χ4n) is 2.03. The standard InChI is InChI=1S/C12H13ClO/c13-10-7-5-9(6-8-10)11-3-1-2-4-12(11)14/h5-8,11H,1-4H2/t11-/m1/s1. The third-order valence-electron chi connectivity index (χ3n) is 2.83. The van der Waals surface area contributed by atoms with Gasteiger partial charge in [0.2, 0.25) is 0 Å². The van der Waals surface area contributed by atoms with Crippen molar-refractivity contribution in [2.24, 2.45) is 0 Å². The van der Waals surface area contributed by atoms with Crippen LogP contribution in [0.2, 0.25) is 5.02 Å². The van der Waals surface area contributed by atoms with Crippen molar-refractivity contribution in [1.82, 2.24) is 0 Å². The molecule has 1 aliphatic carbocycles. The number of carbonyl (C=O) groups is 1. The van der Waals surface area contributed by atoms with Gasteiger partial charge in [0.25, 0.3) is 0 Å². The Morgan fingerprint density at radius 3 is 2.50 bits per heavy atom. The van der Waals surface area contributed by atoms with Crippen LogP contribution in [0.25, 0.3) is 0 Å². The molecule has 0 bridgehead atoms. The topological polar surface area (TPSA) is 17.1 Å². The summed E-state index contributed by atoms with van der Waals surface area (Å²) in [5, 5.41) is 0.733. The average molecular weight is 209 g/mol. The summed E-state index contributed by atoms with van der Waals surface area (Å²) < 4.78 is 0. The van der Waals surface area contributed by atoms with E-state index in [1.807, 2.05) is 24.3 Å². The lowest BCUT2D eigenvalue weighted by Crippen LogP contribution is -2.16. The van der Waals surface area contributed by atoms with Gasteiger partial charge in [-0.1, -0.05) is 30.2 Å². The molecule has 1 saturated carbocycles. The molecule has 1 atom stereocenters. The van der Waals surface area contributed by atoms with Gasteiger partial charge in [0.1, 0.15) is 5.78 Å². The van der Waals surface area contributed by atoms with E-state index >= 15 is 0 Å². The molecule has 1 aliphatic rings. The van der Waals surface area contributed by atoms with E-state index in [9.17, 15) is 4.79 Å². The molecule has 0 amide bonds. The predicted octanol–water partition coefficient (Wildman–Crippen LogP) is 3.57. The number of Topliss-reactive ketones (excluding diaryl/α,β-unsaturated/α-hetero) is 1. The monoisotopic (exact) mass is 208 g/mol. The van der Waals surface area contributed by atoms with Crippen LogP contribution >= 0.6 is 11.6 Å². The maximum atomic E-state index is 11.6. The van der Waals surface area contributed by atoms with Crippen molar-refractivity contribution in [3.05, 3.63) is 34.9 Å². The van der Waals surface area contributed by atoms with Crippen LogP contribution in [-0.2, 0) is 4.79 Å². The van der Waals surface area contributed by atoms with Gasteiger partial charge in [0, 0.05) is 17.4 Å². The molecule has 1 aromatic carbocycles. The molecule has 0 spiro atoms. The van der Waals surface area contributed by atoms with Gasteiger partial charge >= 0.3 is 0 Å². The summed E-state index contributed by atoms with van der Waals surface area (Å²) in [6, 6.07) is 7.66. The first-order valence-corrected chi connectivity index (χ1v) is 5.43. The summed E-state index contributed by atoms with van der Waals surface area (Å²) in [5.41, 5.74) is 1.12. The maximum absolute atomic E-state index is 11.6. The van der Waals surface area contributed by atoms with Gasteiger partial charge < -0.3 is 0 Å². The second kappa shape index (κ2) is 4.14. The first-order valence-electron chi connectivity index (χ1n) is 5.05. The van der Waals surface area contributed by atoms with Crippen LogP contribution in [0.4, 0.5) is 0 Å². The molecule has 1 fully saturated rings. The van der Waals surface area contributed by atoms with Gasteiger partial charge in [0.05, 0.1) is 0 Å². The summed E-state index contributed by atoms with van der Waals surface area (Å²) in [4.78, 5) is 11.6. The zero-order valence-corrected chi connectivity index (χ0v) is 8.76. The smallest absolute Gasteiger partial charge is 0.140 e. The highest BCUT2D eigenvalue weighted by Crippen LogP contribution is 2.30. The molecule has 0 saturated heterocycles. The third kappa shape index (κ3) is 1.98. The second-order valence-corrected chi connectivity index (χ2v) is 4.25. The van der Waals surface area contributed by atoms with Crippen LogP contribution in [0.15, 0.2) is 24.3 Å². The van der Waals surface area contributed by atoms with E-state index < -0.39 is 0 Å². The van der Waals surface area contributed by atoms with E-state index in [0.717, 1.165) is 29.8 Å². The lowest BCUT2D eigenvalue weighted by atomic mass is 9.83. The van der Waals surface area contributed by atoms with Gasteiger partial charge in [0.15, 0.2) is 0 Å². The van der Waals surface area contributed by atoms with E-state index in [2.05, 4.69) is 0 Å². The maximum Gasteiger partial charge on any atom is 0.140 e. The van der Waals surface area contributed by atoms with Crippen molar-refractivity contribution in [3.8, 4) is 0 Å². The average Bonchev–Trinajstić information content (AvgIpc) is 2.20. The van der Waals surface area contributed by atoms with Crippen molar-refractivity contribution >= 4 is 17.4 Å². The molecule has 2 heteroatoms. The van der Waals surface area contributed by atoms with Crippen LogP contribution in [-0.4, -0.2) is 5.78 Å². The molecule has 0 heterocycles. The zero-order valence-electron chi connectivity index (χ0n) is 8.00. The highest BCUT2D eigenvalue weighted by molar-refractivity contribution is 6.30. The fourth-order valence-corrected chi connectivity index (χ4v) is 2.16. The molecule has 14 heavy (non-hydrogen) atoms. The van der Waals surface area contributed by atoms with Gasteiger partial charge in [-0.05, 0) is 30.5 Å². The number of carbonyl (C=O) groups excluding carboxylic acids is 1. The number of hydrogen-bond donors (Lipinski definition) is 0. The molecular formula is C12H13ClO. The summed E-state index contributed by atoms with van der Waals surface area (Å²) in [6.45, 7) is 0. The lowest BCUT2D eigenvalue weighted by Gasteiger charge is -2.20.